The van der Waals surface area contributed by atoms with Crippen molar-refractivity contribution in [3.05, 3.63) is 53.1 Å². The van der Waals surface area contributed by atoms with Crippen molar-refractivity contribution in [1.82, 2.24) is 0 Å². The molecule has 3 N–H and O–H groups in total. The number of benzene rings is 2. The van der Waals surface area contributed by atoms with Crippen molar-refractivity contribution >= 4 is 17.1 Å². The Morgan fingerprint density at radius 2 is 1.47 bits per heavy atom. The fourth-order valence-electron chi connectivity index (χ4n) is 3.44. The quantitative estimate of drug-likeness (QED) is 0.411. The maximum atomic E-state index is 14.3. The van der Waals surface area contributed by atoms with Crippen molar-refractivity contribution in [2.24, 2.45) is 0 Å². The van der Waals surface area contributed by atoms with Crippen molar-refractivity contribution in [2.75, 3.05) is 16.0 Å². The number of aryl methyl sites for hydroxylation is 1. The van der Waals surface area contributed by atoms with Crippen molar-refractivity contribution in [2.45, 2.75) is 43.8 Å². The van der Waals surface area contributed by atoms with Gasteiger partial charge in [-0.1, -0.05) is 18.2 Å². The highest BCUT2D eigenvalue weighted by atomic mass is 19.4. The number of alkyl halides is 10. The van der Waals surface area contributed by atoms with E-state index >= 15 is 0 Å². The van der Waals surface area contributed by atoms with Crippen LogP contribution in [0.2, 0.25) is 0 Å². The molecule has 3 rings (SSSR count). The molecule has 176 valence electrons. The Kier molecular flexibility index (Phi) is 5.46. The molecule has 0 bridgehead atoms. The van der Waals surface area contributed by atoms with Gasteiger partial charge in [0.15, 0.2) is 6.17 Å². The van der Waals surface area contributed by atoms with Crippen LogP contribution in [0, 0.1) is 6.92 Å². The summed E-state index contributed by atoms with van der Waals surface area (Å²) in [5.41, 5.74) is -1.72. The molecule has 0 saturated heterocycles. The number of hydrogen-bond donors (Lipinski definition) is 2. The minimum atomic E-state index is -6.39. The first-order chi connectivity index (χ1) is 14.5. The standard InChI is InChI=1S/C19H15F10N3/c1-9-6-10(2-4-12(9)30)8-32-14-5-3-11(7-13(14)31-15(32)17(21,22)23)16(20,18(24,25)26)19(27,28)29/h2-7,15,31H,8,30H2,1H3. The minimum Gasteiger partial charge on any atom is -0.399 e. The highest BCUT2D eigenvalue weighted by molar-refractivity contribution is 5.77. The average molecular weight is 475 g/mol. The fourth-order valence-corrected chi connectivity index (χ4v) is 3.44. The van der Waals surface area contributed by atoms with Crippen LogP contribution in [0.15, 0.2) is 36.4 Å². The second-order valence-electron chi connectivity index (χ2n) is 7.29. The summed E-state index contributed by atoms with van der Waals surface area (Å²) in [6.07, 6.45) is -20.2. The molecule has 0 amide bonds. The van der Waals surface area contributed by atoms with E-state index in [1.54, 1.807) is 6.92 Å². The molecule has 0 fully saturated rings. The van der Waals surface area contributed by atoms with Crippen molar-refractivity contribution in [3.63, 3.8) is 0 Å². The van der Waals surface area contributed by atoms with Gasteiger partial charge < -0.3 is 16.0 Å². The molecule has 1 unspecified atom stereocenters. The SMILES string of the molecule is Cc1cc(CN2c3ccc(C(F)(C(F)(F)F)C(F)(F)F)cc3NC2C(F)(F)F)ccc1N. The molecule has 0 saturated carbocycles. The second kappa shape index (κ2) is 7.34. The van der Waals surface area contributed by atoms with Gasteiger partial charge in [-0.3, -0.25) is 0 Å². The van der Waals surface area contributed by atoms with Gasteiger partial charge >= 0.3 is 24.2 Å². The third-order valence-electron chi connectivity index (χ3n) is 5.09. The number of rotatable bonds is 3. The zero-order chi connectivity index (χ0) is 24.3. The number of anilines is 3. The molecular formula is C19H15F10N3. The lowest BCUT2D eigenvalue weighted by Crippen LogP contribution is -2.50. The third-order valence-corrected chi connectivity index (χ3v) is 5.09. The Bertz CT molecular complexity index is 996. The molecule has 32 heavy (non-hydrogen) atoms. The zero-order valence-electron chi connectivity index (χ0n) is 16.1. The number of nitrogens with zero attached hydrogens (tertiary/aromatic N) is 1. The maximum Gasteiger partial charge on any atom is 0.435 e. The van der Waals surface area contributed by atoms with E-state index in [0.717, 1.165) is 0 Å². The number of nitrogens with one attached hydrogen (secondary N) is 1. The van der Waals surface area contributed by atoms with Gasteiger partial charge in [0.05, 0.1) is 11.4 Å². The number of hydrogen-bond acceptors (Lipinski definition) is 3. The Morgan fingerprint density at radius 3 is 1.97 bits per heavy atom. The minimum absolute atomic E-state index is 0.100. The largest absolute Gasteiger partial charge is 0.435 e. The van der Waals surface area contributed by atoms with Gasteiger partial charge in [-0.15, -0.1) is 0 Å². The van der Waals surface area contributed by atoms with Crippen LogP contribution in [0.3, 0.4) is 0 Å². The predicted octanol–water partition coefficient (Wildman–Crippen LogP) is 6.19. The van der Waals surface area contributed by atoms with Gasteiger partial charge in [0.1, 0.15) is 0 Å². The van der Waals surface area contributed by atoms with Gasteiger partial charge in [0, 0.05) is 17.8 Å². The summed E-state index contributed by atoms with van der Waals surface area (Å²) in [4.78, 5) is 0.713. The first kappa shape index (κ1) is 23.8. The summed E-state index contributed by atoms with van der Waals surface area (Å²) in [5.74, 6) is 0. The molecular weight excluding hydrogens is 460 g/mol. The number of nitrogens with two attached hydrogens (primary N) is 1. The van der Waals surface area contributed by atoms with E-state index < -0.39 is 48.2 Å². The van der Waals surface area contributed by atoms with Crippen LogP contribution in [0.4, 0.5) is 61.0 Å². The number of halogens is 10. The van der Waals surface area contributed by atoms with Crippen LogP contribution in [0.5, 0.6) is 0 Å². The normalized spacial score (nSPS) is 17.3. The molecule has 1 aliphatic heterocycles. The Morgan fingerprint density at radius 1 is 0.875 bits per heavy atom. The van der Waals surface area contributed by atoms with Crippen LogP contribution >= 0.6 is 0 Å². The summed E-state index contributed by atoms with van der Waals surface area (Å²) in [5, 5.41) is 1.86. The predicted molar refractivity (Wildman–Crippen MR) is 96.6 cm³/mol. The van der Waals surface area contributed by atoms with E-state index in [9.17, 15) is 43.9 Å². The fraction of sp³-hybridized carbons (Fsp3) is 0.368. The van der Waals surface area contributed by atoms with Crippen LogP contribution in [0.25, 0.3) is 0 Å². The van der Waals surface area contributed by atoms with E-state index in [2.05, 4.69) is 0 Å². The lowest BCUT2D eigenvalue weighted by Gasteiger charge is -2.30. The Balaban J connectivity index is 2.08. The average Bonchev–Trinajstić information content (AvgIpc) is 3.00. The molecule has 2 aromatic rings. The van der Waals surface area contributed by atoms with Gasteiger partial charge in [0.25, 0.3) is 0 Å². The molecule has 0 spiro atoms. The summed E-state index contributed by atoms with van der Waals surface area (Å²) in [7, 11) is 0. The lowest BCUT2D eigenvalue weighted by atomic mass is 9.93. The summed E-state index contributed by atoms with van der Waals surface area (Å²) >= 11 is 0. The molecule has 0 radical (unpaired) electrons. The Labute approximate surface area is 174 Å². The van der Waals surface area contributed by atoms with E-state index in [-0.39, 0.29) is 17.8 Å². The van der Waals surface area contributed by atoms with Crippen LogP contribution in [0.1, 0.15) is 16.7 Å². The van der Waals surface area contributed by atoms with E-state index in [4.69, 9.17) is 5.73 Å². The van der Waals surface area contributed by atoms with Gasteiger partial charge in [-0.2, -0.15) is 39.5 Å². The first-order valence-corrected chi connectivity index (χ1v) is 8.88. The Hall–Kier alpha value is -2.86. The highest BCUT2D eigenvalue weighted by Gasteiger charge is 2.73. The zero-order valence-corrected chi connectivity index (χ0v) is 16.1. The molecule has 13 heteroatoms. The molecule has 3 nitrogen and oxygen atoms in total. The molecule has 1 heterocycles. The molecule has 0 aromatic heterocycles. The highest BCUT2D eigenvalue weighted by Crippen LogP contribution is 2.54. The van der Waals surface area contributed by atoms with Crippen molar-refractivity contribution in [1.29, 1.82) is 0 Å². The smallest absolute Gasteiger partial charge is 0.399 e. The maximum absolute atomic E-state index is 14.3. The topological polar surface area (TPSA) is 41.3 Å². The monoisotopic (exact) mass is 475 g/mol. The van der Waals surface area contributed by atoms with Gasteiger partial charge in [-0.05, 0) is 36.2 Å². The number of nitrogen functional groups attached to an aromatic ring is 1. The van der Waals surface area contributed by atoms with Crippen molar-refractivity contribution < 1.29 is 43.9 Å². The summed E-state index contributed by atoms with van der Waals surface area (Å²) in [6.45, 7) is 1.21. The van der Waals surface area contributed by atoms with Gasteiger partial charge in [0.2, 0.25) is 0 Å². The van der Waals surface area contributed by atoms with E-state index in [1.165, 1.54) is 18.2 Å². The lowest BCUT2D eigenvalue weighted by molar-refractivity contribution is -0.348. The van der Waals surface area contributed by atoms with Crippen molar-refractivity contribution in [3.8, 4) is 0 Å². The third kappa shape index (κ3) is 3.88. The molecule has 1 aliphatic rings. The van der Waals surface area contributed by atoms with Crippen LogP contribution in [-0.4, -0.2) is 24.7 Å². The van der Waals surface area contributed by atoms with E-state index in [1.807, 2.05) is 5.32 Å². The number of fused-ring (bicyclic) bond motifs is 1. The molecule has 0 aliphatic carbocycles. The van der Waals surface area contributed by atoms with Crippen LogP contribution in [-0.2, 0) is 12.2 Å². The summed E-state index contributed by atoms with van der Waals surface area (Å²) in [6, 6.07) is 5.26. The molecule has 1 atom stereocenters. The second-order valence-corrected chi connectivity index (χ2v) is 7.29. The van der Waals surface area contributed by atoms with Gasteiger partial charge in [-0.25, -0.2) is 4.39 Å². The van der Waals surface area contributed by atoms with Crippen LogP contribution < -0.4 is 16.0 Å². The molecule has 2 aromatic carbocycles. The van der Waals surface area contributed by atoms with E-state index in [0.29, 0.717) is 27.8 Å². The summed E-state index contributed by atoms with van der Waals surface area (Å²) < 4.78 is 133. The first-order valence-electron chi connectivity index (χ1n) is 8.88.